The number of benzene rings is 1. The van der Waals surface area contributed by atoms with E-state index in [2.05, 4.69) is 10.8 Å². The van der Waals surface area contributed by atoms with Gasteiger partial charge >= 0.3 is 0 Å². The third kappa shape index (κ3) is 4.00. The van der Waals surface area contributed by atoms with Crippen molar-refractivity contribution < 1.29 is 9.63 Å². The molecule has 0 aliphatic heterocycles. The van der Waals surface area contributed by atoms with Crippen molar-refractivity contribution in [2.75, 3.05) is 13.7 Å². The van der Waals surface area contributed by atoms with E-state index in [0.29, 0.717) is 13.0 Å². The summed E-state index contributed by atoms with van der Waals surface area (Å²) in [5.41, 5.74) is 3.86. The summed E-state index contributed by atoms with van der Waals surface area (Å²) >= 11 is 0. The van der Waals surface area contributed by atoms with E-state index in [0.717, 1.165) is 5.56 Å². The average Bonchev–Trinajstić information content (AvgIpc) is 2.34. The Bertz CT molecular complexity index is 314. The summed E-state index contributed by atoms with van der Waals surface area (Å²) in [7, 11) is 1.62. The molecule has 0 heterocycles. The summed E-state index contributed by atoms with van der Waals surface area (Å²) in [5, 5.41) is 2.61. The fourth-order valence-electron chi connectivity index (χ4n) is 1.40. The largest absolute Gasteiger partial charge is 0.358 e. The van der Waals surface area contributed by atoms with Gasteiger partial charge in [-0.1, -0.05) is 30.3 Å². The van der Waals surface area contributed by atoms with Gasteiger partial charge in [-0.2, -0.15) is 5.48 Å². The second-order valence-corrected chi connectivity index (χ2v) is 3.41. The van der Waals surface area contributed by atoms with Crippen LogP contribution in [0.25, 0.3) is 0 Å². The van der Waals surface area contributed by atoms with Crippen LogP contribution in [0.15, 0.2) is 30.3 Å². The zero-order chi connectivity index (χ0) is 11.8. The normalized spacial score (nSPS) is 12.1. The number of rotatable bonds is 6. The molecule has 1 aromatic rings. The van der Waals surface area contributed by atoms with E-state index in [1.807, 2.05) is 37.3 Å². The van der Waals surface area contributed by atoms with Gasteiger partial charge in [-0.05, 0) is 18.9 Å². The van der Waals surface area contributed by atoms with Crippen LogP contribution in [0.2, 0.25) is 0 Å². The molecule has 0 spiro atoms. The Morgan fingerprint density at radius 2 is 2.06 bits per heavy atom. The lowest BCUT2D eigenvalue weighted by Crippen LogP contribution is -2.44. The van der Waals surface area contributed by atoms with Crippen molar-refractivity contribution >= 4 is 5.91 Å². The van der Waals surface area contributed by atoms with E-state index >= 15 is 0 Å². The minimum atomic E-state index is -0.354. The number of hydroxylamine groups is 1. The maximum absolute atomic E-state index is 11.6. The third-order valence-corrected chi connectivity index (χ3v) is 2.22. The minimum absolute atomic E-state index is 0.0719. The van der Waals surface area contributed by atoms with Crippen molar-refractivity contribution in [3.05, 3.63) is 35.9 Å². The van der Waals surface area contributed by atoms with Crippen molar-refractivity contribution in [2.24, 2.45) is 0 Å². The van der Waals surface area contributed by atoms with Crippen molar-refractivity contribution in [1.29, 1.82) is 0 Å². The summed E-state index contributed by atoms with van der Waals surface area (Å²) in [6.07, 6.45) is 0.612. The third-order valence-electron chi connectivity index (χ3n) is 2.22. The number of carbonyl (C=O) groups is 1. The molecule has 0 bridgehead atoms. The zero-order valence-corrected chi connectivity index (χ0v) is 9.69. The first-order valence-electron chi connectivity index (χ1n) is 5.40. The van der Waals surface area contributed by atoms with Crippen molar-refractivity contribution in [2.45, 2.75) is 19.4 Å². The van der Waals surface area contributed by atoms with Crippen molar-refractivity contribution in [1.82, 2.24) is 10.8 Å². The summed E-state index contributed by atoms with van der Waals surface area (Å²) in [4.78, 5) is 16.6. The molecule has 0 aromatic heterocycles. The van der Waals surface area contributed by atoms with E-state index in [9.17, 15) is 4.79 Å². The summed E-state index contributed by atoms with van der Waals surface area (Å²) in [6.45, 7) is 2.40. The standard InChI is InChI=1S/C12H18N2O2/c1-3-16-14-11(12(15)13-2)9-10-7-5-4-6-8-10/h4-8,11,14H,3,9H2,1-2H3,(H,13,15)/t11-/m0/s1. The molecule has 88 valence electrons. The number of carbonyl (C=O) groups excluding carboxylic acids is 1. The van der Waals surface area contributed by atoms with E-state index in [4.69, 9.17) is 4.84 Å². The molecule has 16 heavy (non-hydrogen) atoms. The highest BCUT2D eigenvalue weighted by atomic mass is 16.6. The van der Waals surface area contributed by atoms with Gasteiger partial charge in [-0.25, -0.2) is 0 Å². The smallest absolute Gasteiger partial charge is 0.239 e. The highest BCUT2D eigenvalue weighted by Gasteiger charge is 2.17. The molecule has 0 aliphatic rings. The topological polar surface area (TPSA) is 50.4 Å². The number of hydrogen-bond acceptors (Lipinski definition) is 3. The van der Waals surface area contributed by atoms with Crippen LogP contribution in [-0.2, 0) is 16.1 Å². The Morgan fingerprint density at radius 1 is 1.38 bits per heavy atom. The minimum Gasteiger partial charge on any atom is -0.358 e. The molecular formula is C12H18N2O2. The Kier molecular flexibility index (Phi) is 5.53. The molecule has 1 atom stereocenters. The molecule has 0 aliphatic carbocycles. The van der Waals surface area contributed by atoms with Gasteiger partial charge in [-0.15, -0.1) is 0 Å². The first-order valence-corrected chi connectivity index (χ1v) is 5.40. The molecule has 1 rings (SSSR count). The summed E-state index contributed by atoms with van der Waals surface area (Å²) in [6, 6.07) is 9.49. The highest BCUT2D eigenvalue weighted by Crippen LogP contribution is 2.03. The number of nitrogens with one attached hydrogen (secondary N) is 2. The van der Waals surface area contributed by atoms with Crippen LogP contribution in [0.3, 0.4) is 0 Å². The fourth-order valence-corrected chi connectivity index (χ4v) is 1.40. The van der Waals surface area contributed by atoms with E-state index in [1.165, 1.54) is 0 Å². The molecule has 4 nitrogen and oxygen atoms in total. The Morgan fingerprint density at radius 3 is 2.62 bits per heavy atom. The molecule has 2 N–H and O–H groups in total. The maximum Gasteiger partial charge on any atom is 0.239 e. The van der Waals surface area contributed by atoms with Crippen LogP contribution < -0.4 is 10.8 Å². The van der Waals surface area contributed by atoms with Gasteiger partial charge in [0.1, 0.15) is 6.04 Å². The lowest BCUT2D eigenvalue weighted by atomic mass is 10.1. The SMILES string of the molecule is CCON[C@@H](Cc1ccccc1)C(=O)NC. The maximum atomic E-state index is 11.6. The quantitative estimate of drug-likeness (QED) is 0.703. The van der Waals surface area contributed by atoms with Crippen LogP contribution in [-0.4, -0.2) is 25.6 Å². The Hall–Kier alpha value is -1.39. The second-order valence-electron chi connectivity index (χ2n) is 3.41. The Labute approximate surface area is 95.9 Å². The van der Waals surface area contributed by atoms with Crippen LogP contribution in [0.4, 0.5) is 0 Å². The fraction of sp³-hybridized carbons (Fsp3) is 0.417. The molecule has 4 heteroatoms. The number of hydrogen-bond donors (Lipinski definition) is 2. The molecule has 0 saturated heterocycles. The average molecular weight is 222 g/mol. The van der Waals surface area contributed by atoms with Crippen LogP contribution in [0.1, 0.15) is 12.5 Å². The van der Waals surface area contributed by atoms with Gasteiger partial charge in [0.25, 0.3) is 0 Å². The van der Waals surface area contributed by atoms with Crippen molar-refractivity contribution in [3.63, 3.8) is 0 Å². The number of amides is 1. The monoisotopic (exact) mass is 222 g/mol. The van der Waals surface area contributed by atoms with Crippen LogP contribution in [0, 0.1) is 0 Å². The van der Waals surface area contributed by atoms with E-state index in [1.54, 1.807) is 7.05 Å². The van der Waals surface area contributed by atoms with Gasteiger partial charge in [0.2, 0.25) is 5.91 Å². The predicted molar refractivity (Wildman–Crippen MR) is 62.8 cm³/mol. The molecule has 0 saturated carbocycles. The zero-order valence-electron chi connectivity index (χ0n) is 9.69. The summed E-state index contributed by atoms with van der Waals surface area (Å²) < 4.78 is 0. The predicted octanol–water partition coefficient (Wildman–Crippen LogP) is 0.885. The van der Waals surface area contributed by atoms with Gasteiger partial charge in [-0.3, -0.25) is 4.79 Å². The molecule has 0 fully saturated rings. The van der Waals surface area contributed by atoms with Gasteiger partial charge in [0, 0.05) is 7.05 Å². The lowest BCUT2D eigenvalue weighted by molar-refractivity contribution is -0.126. The molecule has 0 radical (unpaired) electrons. The van der Waals surface area contributed by atoms with Crippen LogP contribution >= 0.6 is 0 Å². The first-order chi connectivity index (χ1) is 7.77. The lowest BCUT2D eigenvalue weighted by Gasteiger charge is -2.16. The van der Waals surface area contributed by atoms with Crippen molar-refractivity contribution in [3.8, 4) is 0 Å². The second kappa shape index (κ2) is 6.98. The number of likely N-dealkylation sites (N-methyl/N-ethyl adjacent to an activating group) is 1. The van der Waals surface area contributed by atoms with E-state index < -0.39 is 0 Å². The van der Waals surface area contributed by atoms with Gasteiger partial charge in [0.15, 0.2) is 0 Å². The molecular weight excluding hydrogens is 204 g/mol. The first kappa shape index (κ1) is 12.7. The van der Waals surface area contributed by atoms with Gasteiger partial charge < -0.3 is 10.2 Å². The Balaban J connectivity index is 2.59. The van der Waals surface area contributed by atoms with E-state index in [-0.39, 0.29) is 11.9 Å². The van der Waals surface area contributed by atoms with Crippen LogP contribution in [0.5, 0.6) is 0 Å². The molecule has 1 aromatic carbocycles. The summed E-state index contributed by atoms with van der Waals surface area (Å²) in [5.74, 6) is -0.0719. The van der Waals surface area contributed by atoms with Gasteiger partial charge in [0.05, 0.1) is 6.61 Å². The highest BCUT2D eigenvalue weighted by molar-refractivity contribution is 5.81. The molecule has 1 amide bonds. The molecule has 0 unspecified atom stereocenters.